The van der Waals surface area contributed by atoms with Gasteiger partial charge in [0.25, 0.3) is 0 Å². The maximum absolute atomic E-state index is 4.64. The van der Waals surface area contributed by atoms with Crippen molar-refractivity contribution in [1.82, 2.24) is 15.0 Å². The van der Waals surface area contributed by atoms with E-state index in [1.165, 1.54) is 10.1 Å². The van der Waals surface area contributed by atoms with E-state index in [2.05, 4.69) is 39.2 Å². The molecule has 4 heterocycles. The van der Waals surface area contributed by atoms with Crippen molar-refractivity contribution < 1.29 is 0 Å². The normalized spacial score (nSPS) is 11.5. The molecule has 1 aromatic carbocycles. The highest BCUT2D eigenvalue weighted by molar-refractivity contribution is 7.25. The van der Waals surface area contributed by atoms with Gasteiger partial charge in [0, 0.05) is 39.4 Å². The topological polar surface area (TPSA) is 38.7 Å². The molecule has 23 heavy (non-hydrogen) atoms. The second-order valence-electron chi connectivity index (χ2n) is 5.41. The second kappa shape index (κ2) is 4.83. The smallest absolute Gasteiger partial charge is 0.124 e. The van der Waals surface area contributed by atoms with Crippen molar-refractivity contribution in [1.29, 1.82) is 0 Å². The van der Waals surface area contributed by atoms with Gasteiger partial charge in [-0.3, -0.25) is 9.97 Å². The van der Waals surface area contributed by atoms with Crippen molar-refractivity contribution in [3.05, 3.63) is 67.1 Å². The number of pyridine rings is 3. The van der Waals surface area contributed by atoms with E-state index < -0.39 is 0 Å². The summed E-state index contributed by atoms with van der Waals surface area (Å²) in [5.74, 6) is 0. The molecule has 3 nitrogen and oxygen atoms in total. The molecule has 4 heteroatoms. The van der Waals surface area contributed by atoms with Gasteiger partial charge in [-0.25, -0.2) is 4.98 Å². The molecule has 0 aliphatic carbocycles. The van der Waals surface area contributed by atoms with Gasteiger partial charge in [-0.15, -0.1) is 11.3 Å². The van der Waals surface area contributed by atoms with Gasteiger partial charge in [-0.1, -0.05) is 24.3 Å². The predicted octanol–water partition coefficient (Wildman–Crippen LogP) is 5.06. The molecule has 0 unspecified atom stereocenters. The van der Waals surface area contributed by atoms with E-state index in [1.54, 1.807) is 11.3 Å². The minimum absolute atomic E-state index is 0.901. The van der Waals surface area contributed by atoms with E-state index in [-0.39, 0.29) is 0 Å². The van der Waals surface area contributed by atoms with Crippen LogP contribution in [0.2, 0.25) is 0 Å². The summed E-state index contributed by atoms with van der Waals surface area (Å²) < 4.78 is 1.19. The van der Waals surface area contributed by atoms with Crippen LogP contribution in [-0.4, -0.2) is 15.0 Å². The van der Waals surface area contributed by atoms with Crippen LogP contribution in [0, 0.1) is 0 Å². The summed E-state index contributed by atoms with van der Waals surface area (Å²) in [4.78, 5) is 14.8. The highest BCUT2D eigenvalue weighted by Crippen LogP contribution is 2.37. The number of fused-ring (bicyclic) bond motifs is 4. The van der Waals surface area contributed by atoms with Crippen LogP contribution < -0.4 is 0 Å². The number of nitrogens with zero attached hydrogens (tertiary/aromatic N) is 3. The first-order valence-corrected chi connectivity index (χ1v) is 8.19. The highest BCUT2D eigenvalue weighted by Gasteiger charge is 2.13. The molecule has 0 N–H and O–H groups in total. The first kappa shape index (κ1) is 12.7. The SMILES string of the molecule is c1ccc2cc(-c3nccc4sc5ncccc5c34)ncc2c1. The fourth-order valence-corrected chi connectivity index (χ4v) is 4.00. The minimum Gasteiger partial charge on any atom is -0.254 e. The number of hydrogen-bond acceptors (Lipinski definition) is 4. The Labute approximate surface area is 136 Å². The zero-order chi connectivity index (χ0) is 15.2. The maximum atomic E-state index is 4.64. The summed E-state index contributed by atoms with van der Waals surface area (Å²) >= 11 is 1.70. The lowest BCUT2D eigenvalue weighted by Gasteiger charge is -2.04. The van der Waals surface area contributed by atoms with Crippen LogP contribution in [0.3, 0.4) is 0 Å². The van der Waals surface area contributed by atoms with Crippen LogP contribution in [0.1, 0.15) is 0 Å². The number of benzene rings is 1. The molecule has 0 fully saturated rings. The molecular weight excluding hydrogens is 302 g/mol. The molecule has 0 aliphatic rings. The third-order valence-corrected chi connectivity index (χ3v) is 5.11. The van der Waals surface area contributed by atoms with Gasteiger partial charge in [0.1, 0.15) is 4.83 Å². The molecule has 0 bridgehead atoms. The lowest BCUT2D eigenvalue weighted by molar-refractivity contribution is 1.28. The van der Waals surface area contributed by atoms with Gasteiger partial charge in [0.2, 0.25) is 0 Å². The molecule has 5 rings (SSSR count). The molecule has 0 saturated carbocycles. The Hall–Kier alpha value is -2.85. The predicted molar refractivity (Wildman–Crippen MR) is 95.7 cm³/mol. The van der Waals surface area contributed by atoms with Gasteiger partial charge in [-0.2, -0.15) is 0 Å². The molecule has 0 spiro atoms. The van der Waals surface area contributed by atoms with E-state index in [0.717, 1.165) is 32.4 Å². The average molecular weight is 313 g/mol. The third kappa shape index (κ3) is 1.92. The standard InChI is InChI=1S/C19H11N3S/c1-2-5-13-11-22-15(10-12(13)4-1)18-17-14-6-3-8-21-19(14)23-16(17)7-9-20-18/h1-11H. The van der Waals surface area contributed by atoms with E-state index in [0.29, 0.717) is 0 Å². The summed E-state index contributed by atoms with van der Waals surface area (Å²) in [6.45, 7) is 0. The average Bonchev–Trinajstić information content (AvgIpc) is 3.00. The third-order valence-electron chi connectivity index (χ3n) is 4.03. The van der Waals surface area contributed by atoms with Crippen LogP contribution in [0.4, 0.5) is 0 Å². The molecule has 108 valence electrons. The van der Waals surface area contributed by atoms with Crippen molar-refractivity contribution in [3.8, 4) is 11.4 Å². The molecule has 5 aromatic rings. The number of thiophene rings is 1. The molecule has 0 saturated heterocycles. The lowest BCUT2D eigenvalue weighted by Crippen LogP contribution is -1.88. The number of aromatic nitrogens is 3. The Bertz CT molecular complexity index is 1180. The Morgan fingerprint density at radius 2 is 1.70 bits per heavy atom. The monoisotopic (exact) mass is 313 g/mol. The number of hydrogen-bond donors (Lipinski definition) is 0. The van der Waals surface area contributed by atoms with Gasteiger partial charge in [0.15, 0.2) is 0 Å². The van der Waals surface area contributed by atoms with E-state index in [1.807, 2.05) is 42.9 Å². The van der Waals surface area contributed by atoms with Gasteiger partial charge in [0.05, 0.1) is 11.4 Å². The van der Waals surface area contributed by atoms with E-state index in [9.17, 15) is 0 Å². The number of rotatable bonds is 1. The van der Waals surface area contributed by atoms with Crippen LogP contribution in [0.5, 0.6) is 0 Å². The Morgan fingerprint density at radius 1 is 0.783 bits per heavy atom. The Kier molecular flexibility index (Phi) is 2.66. The van der Waals surface area contributed by atoms with Gasteiger partial charge < -0.3 is 0 Å². The van der Waals surface area contributed by atoms with Crippen LogP contribution >= 0.6 is 11.3 Å². The summed E-state index contributed by atoms with van der Waals surface area (Å²) in [5.41, 5.74) is 1.82. The molecule has 0 amide bonds. The quantitative estimate of drug-likeness (QED) is 0.434. The molecule has 4 aromatic heterocycles. The van der Waals surface area contributed by atoms with E-state index >= 15 is 0 Å². The van der Waals surface area contributed by atoms with Gasteiger partial charge >= 0.3 is 0 Å². The molecular formula is C19H11N3S. The van der Waals surface area contributed by atoms with Crippen molar-refractivity contribution in [3.63, 3.8) is 0 Å². The van der Waals surface area contributed by atoms with Crippen LogP contribution in [0.15, 0.2) is 67.1 Å². The van der Waals surface area contributed by atoms with Gasteiger partial charge in [-0.05, 0) is 29.7 Å². The van der Waals surface area contributed by atoms with Crippen LogP contribution in [0.25, 0.3) is 42.5 Å². The zero-order valence-electron chi connectivity index (χ0n) is 12.1. The fraction of sp³-hybridized carbons (Fsp3) is 0. The summed E-state index contributed by atoms with van der Waals surface area (Å²) in [6, 6.07) is 16.5. The molecule has 0 atom stereocenters. The Balaban J connectivity index is 1.87. The van der Waals surface area contributed by atoms with Crippen molar-refractivity contribution in [2.24, 2.45) is 0 Å². The second-order valence-corrected chi connectivity index (χ2v) is 6.44. The van der Waals surface area contributed by atoms with Crippen LogP contribution in [-0.2, 0) is 0 Å². The fourth-order valence-electron chi connectivity index (χ4n) is 2.96. The minimum atomic E-state index is 0.901. The first-order chi connectivity index (χ1) is 11.4. The maximum Gasteiger partial charge on any atom is 0.124 e. The molecule has 0 aliphatic heterocycles. The summed E-state index contributed by atoms with van der Waals surface area (Å²) in [6.07, 6.45) is 5.60. The van der Waals surface area contributed by atoms with Crippen molar-refractivity contribution in [2.75, 3.05) is 0 Å². The summed E-state index contributed by atoms with van der Waals surface area (Å²) in [5, 5.41) is 4.60. The van der Waals surface area contributed by atoms with E-state index in [4.69, 9.17) is 0 Å². The Morgan fingerprint density at radius 3 is 2.65 bits per heavy atom. The largest absolute Gasteiger partial charge is 0.254 e. The zero-order valence-corrected chi connectivity index (χ0v) is 12.9. The first-order valence-electron chi connectivity index (χ1n) is 7.37. The van der Waals surface area contributed by atoms with Crippen molar-refractivity contribution in [2.45, 2.75) is 0 Å². The van der Waals surface area contributed by atoms with Crippen molar-refractivity contribution >= 4 is 42.4 Å². The highest BCUT2D eigenvalue weighted by atomic mass is 32.1. The molecule has 0 radical (unpaired) electrons. The summed E-state index contributed by atoms with van der Waals surface area (Å²) in [7, 11) is 0. The lowest BCUT2D eigenvalue weighted by atomic mass is 10.1.